The van der Waals surface area contributed by atoms with Crippen LogP contribution in [0.2, 0.25) is 0 Å². The van der Waals surface area contributed by atoms with Gasteiger partial charge in [0.05, 0.1) is 43.9 Å². The first kappa shape index (κ1) is 22.2. The molecule has 0 aliphatic carbocycles. The summed E-state index contributed by atoms with van der Waals surface area (Å²) < 4.78 is 18.4. The van der Waals surface area contributed by atoms with Gasteiger partial charge in [0.1, 0.15) is 5.75 Å². The summed E-state index contributed by atoms with van der Waals surface area (Å²) in [5, 5.41) is 7.61. The third kappa shape index (κ3) is 5.17. The Labute approximate surface area is 182 Å². The molecular formula is C24H29N3O4. The van der Waals surface area contributed by atoms with Gasteiger partial charge in [-0.05, 0) is 63.6 Å². The van der Waals surface area contributed by atoms with Crippen molar-refractivity contribution in [3.8, 4) is 17.2 Å². The lowest BCUT2D eigenvalue weighted by Crippen LogP contribution is -2.14. The molecule has 0 atom stereocenters. The minimum Gasteiger partial charge on any atom is -0.497 e. The summed E-state index contributed by atoms with van der Waals surface area (Å²) in [4.78, 5) is 12.9. The molecule has 164 valence electrons. The van der Waals surface area contributed by atoms with E-state index in [1.54, 1.807) is 25.3 Å². The van der Waals surface area contributed by atoms with Crippen molar-refractivity contribution >= 4 is 11.6 Å². The maximum absolute atomic E-state index is 12.9. The maximum Gasteiger partial charge on any atom is 0.255 e. The molecule has 0 unspecified atom stereocenters. The number of aromatic nitrogens is 2. The number of carbonyl (C=O) groups is 1. The average molecular weight is 424 g/mol. The largest absolute Gasteiger partial charge is 0.497 e. The zero-order valence-electron chi connectivity index (χ0n) is 18.7. The van der Waals surface area contributed by atoms with E-state index in [4.69, 9.17) is 14.2 Å². The highest BCUT2D eigenvalue weighted by Gasteiger charge is 2.17. The van der Waals surface area contributed by atoms with Crippen molar-refractivity contribution in [3.05, 3.63) is 65.0 Å². The molecule has 3 rings (SSSR count). The van der Waals surface area contributed by atoms with Crippen LogP contribution in [0.1, 0.15) is 41.2 Å². The van der Waals surface area contributed by atoms with Crippen LogP contribution in [0, 0.1) is 13.8 Å². The predicted molar refractivity (Wildman–Crippen MR) is 121 cm³/mol. The molecule has 1 aromatic heterocycles. The summed E-state index contributed by atoms with van der Waals surface area (Å²) in [6, 6.07) is 13.0. The molecule has 7 heteroatoms. The van der Waals surface area contributed by atoms with E-state index in [0.717, 1.165) is 22.7 Å². The second-order valence-electron chi connectivity index (χ2n) is 7.04. The SMILES string of the molecule is CCOc1ccc(C(=O)Nc2c(C)nn(Cc3cccc(OC)c3)c2C)cc1OCC. The van der Waals surface area contributed by atoms with Crippen LogP contribution in [0.25, 0.3) is 0 Å². The molecule has 7 nitrogen and oxygen atoms in total. The summed E-state index contributed by atoms with van der Waals surface area (Å²) in [5.74, 6) is 1.75. The van der Waals surface area contributed by atoms with Crippen LogP contribution >= 0.6 is 0 Å². The number of carbonyl (C=O) groups excluding carboxylic acids is 1. The Balaban J connectivity index is 1.81. The Kier molecular flexibility index (Phi) is 7.18. The molecule has 0 aliphatic heterocycles. The summed E-state index contributed by atoms with van der Waals surface area (Å²) >= 11 is 0. The van der Waals surface area contributed by atoms with Crippen molar-refractivity contribution in [1.82, 2.24) is 9.78 Å². The number of hydrogen-bond donors (Lipinski definition) is 1. The topological polar surface area (TPSA) is 74.6 Å². The molecule has 0 fully saturated rings. The Morgan fingerprint density at radius 1 is 1.03 bits per heavy atom. The van der Waals surface area contributed by atoms with E-state index >= 15 is 0 Å². The van der Waals surface area contributed by atoms with Crippen molar-refractivity contribution in [2.24, 2.45) is 0 Å². The predicted octanol–water partition coefficient (Wildman–Crippen LogP) is 4.61. The standard InChI is InChI=1S/C24H29N3O4/c1-6-30-21-12-11-19(14-22(21)31-7-2)24(28)25-23-16(3)26-27(17(23)4)15-18-9-8-10-20(13-18)29-5/h8-14H,6-7,15H2,1-5H3,(H,25,28). The Hall–Kier alpha value is -3.48. The van der Waals surface area contributed by atoms with Crippen LogP contribution in [0.4, 0.5) is 5.69 Å². The zero-order valence-corrected chi connectivity index (χ0v) is 18.7. The normalized spacial score (nSPS) is 10.6. The quantitative estimate of drug-likeness (QED) is 0.544. The number of benzene rings is 2. The van der Waals surface area contributed by atoms with Gasteiger partial charge < -0.3 is 19.5 Å². The molecule has 0 radical (unpaired) electrons. The van der Waals surface area contributed by atoms with Crippen LogP contribution in [0.5, 0.6) is 17.2 Å². The first-order chi connectivity index (χ1) is 15.0. The van der Waals surface area contributed by atoms with E-state index in [9.17, 15) is 4.79 Å². The van der Waals surface area contributed by atoms with Crippen LogP contribution in [-0.2, 0) is 6.54 Å². The van der Waals surface area contributed by atoms with Gasteiger partial charge in [0, 0.05) is 5.56 Å². The number of aryl methyl sites for hydroxylation is 1. The summed E-state index contributed by atoms with van der Waals surface area (Å²) in [6.07, 6.45) is 0. The second-order valence-corrected chi connectivity index (χ2v) is 7.04. The van der Waals surface area contributed by atoms with Gasteiger partial charge in [-0.25, -0.2) is 0 Å². The van der Waals surface area contributed by atoms with E-state index < -0.39 is 0 Å². The second kappa shape index (κ2) is 10.0. The lowest BCUT2D eigenvalue weighted by Gasteiger charge is -2.13. The van der Waals surface area contributed by atoms with E-state index in [2.05, 4.69) is 10.4 Å². The minimum atomic E-state index is -0.226. The fourth-order valence-corrected chi connectivity index (χ4v) is 3.35. The van der Waals surface area contributed by atoms with Crippen LogP contribution in [-0.4, -0.2) is 36.0 Å². The fraction of sp³-hybridized carbons (Fsp3) is 0.333. The van der Waals surface area contributed by atoms with Crippen LogP contribution < -0.4 is 19.5 Å². The third-order valence-corrected chi connectivity index (χ3v) is 4.89. The lowest BCUT2D eigenvalue weighted by molar-refractivity contribution is 0.102. The summed E-state index contributed by atoms with van der Waals surface area (Å²) in [5.41, 5.74) is 3.90. The van der Waals surface area contributed by atoms with Crippen LogP contribution in [0.3, 0.4) is 0 Å². The monoisotopic (exact) mass is 423 g/mol. The molecule has 31 heavy (non-hydrogen) atoms. The van der Waals surface area contributed by atoms with E-state index in [1.807, 2.05) is 56.6 Å². The number of nitrogens with one attached hydrogen (secondary N) is 1. The summed E-state index contributed by atoms with van der Waals surface area (Å²) in [6.45, 7) is 9.22. The van der Waals surface area contributed by atoms with Crippen molar-refractivity contribution < 1.29 is 19.0 Å². The highest BCUT2D eigenvalue weighted by atomic mass is 16.5. The molecule has 1 N–H and O–H groups in total. The van der Waals surface area contributed by atoms with E-state index in [0.29, 0.717) is 42.5 Å². The highest BCUT2D eigenvalue weighted by Crippen LogP contribution is 2.29. The van der Waals surface area contributed by atoms with Gasteiger partial charge >= 0.3 is 0 Å². The molecule has 2 aromatic carbocycles. The minimum absolute atomic E-state index is 0.226. The molecular weight excluding hydrogens is 394 g/mol. The van der Waals surface area contributed by atoms with Gasteiger partial charge in [-0.3, -0.25) is 9.48 Å². The number of amides is 1. The average Bonchev–Trinajstić information content (AvgIpc) is 3.02. The molecule has 0 saturated heterocycles. The van der Waals surface area contributed by atoms with Gasteiger partial charge in [0.2, 0.25) is 0 Å². The van der Waals surface area contributed by atoms with Gasteiger partial charge in [-0.15, -0.1) is 0 Å². The number of hydrogen-bond acceptors (Lipinski definition) is 5. The molecule has 0 aliphatic rings. The molecule has 1 amide bonds. The Bertz CT molecular complexity index is 1060. The lowest BCUT2D eigenvalue weighted by atomic mass is 10.1. The smallest absolute Gasteiger partial charge is 0.255 e. The first-order valence-electron chi connectivity index (χ1n) is 10.3. The van der Waals surface area contributed by atoms with Gasteiger partial charge in [-0.1, -0.05) is 12.1 Å². The van der Waals surface area contributed by atoms with Crippen LogP contribution in [0.15, 0.2) is 42.5 Å². The molecule has 0 saturated carbocycles. The highest BCUT2D eigenvalue weighted by molar-refractivity contribution is 6.05. The zero-order chi connectivity index (χ0) is 22.4. The number of anilines is 1. The van der Waals surface area contributed by atoms with Crippen molar-refractivity contribution in [2.45, 2.75) is 34.2 Å². The number of methoxy groups -OCH3 is 1. The number of nitrogens with zero attached hydrogens (tertiary/aromatic N) is 2. The van der Waals surface area contributed by atoms with Gasteiger partial charge in [0.25, 0.3) is 5.91 Å². The molecule has 1 heterocycles. The molecule has 0 spiro atoms. The van der Waals surface area contributed by atoms with Crippen molar-refractivity contribution in [3.63, 3.8) is 0 Å². The Morgan fingerprint density at radius 3 is 2.48 bits per heavy atom. The van der Waals surface area contributed by atoms with E-state index in [1.165, 1.54) is 0 Å². The molecule has 0 bridgehead atoms. The molecule has 3 aromatic rings. The fourth-order valence-electron chi connectivity index (χ4n) is 3.35. The third-order valence-electron chi connectivity index (χ3n) is 4.89. The number of ether oxygens (including phenoxy) is 3. The Morgan fingerprint density at radius 2 is 1.77 bits per heavy atom. The van der Waals surface area contributed by atoms with Gasteiger partial charge in [-0.2, -0.15) is 5.10 Å². The first-order valence-corrected chi connectivity index (χ1v) is 10.3. The summed E-state index contributed by atoms with van der Waals surface area (Å²) in [7, 11) is 1.65. The maximum atomic E-state index is 12.9. The number of rotatable bonds is 9. The van der Waals surface area contributed by atoms with E-state index in [-0.39, 0.29) is 5.91 Å². The van der Waals surface area contributed by atoms with Crippen molar-refractivity contribution in [1.29, 1.82) is 0 Å². The van der Waals surface area contributed by atoms with Crippen molar-refractivity contribution in [2.75, 3.05) is 25.6 Å². The van der Waals surface area contributed by atoms with Gasteiger partial charge in [0.15, 0.2) is 11.5 Å².